The smallest absolute Gasteiger partial charge is 0.323 e. The lowest BCUT2D eigenvalue weighted by atomic mass is 10.5. The van der Waals surface area contributed by atoms with Crippen LogP contribution in [0.2, 0.25) is 0 Å². The second-order valence-electron chi connectivity index (χ2n) is 2.77. The zero-order chi connectivity index (χ0) is 11.4. The molecular weight excluding hydrogens is 222 g/mol. The quantitative estimate of drug-likeness (QED) is 0.724. The van der Waals surface area contributed by atoms with E-state index < -0.39 is 25.0 Å². The van der Waals surface area contributed by atoms with Crippen LogP contribution >= 0.6 is 11.5 Å². The van der Waals surface area contributed by atoms with Crippen LogP contribution in [-0.4, -0.2) is 44.6 Å². The number of aliphatic carboxylic acids is 2. The van der Waals surface area contributed by atoms with Gasteiger partial charge in [0.2, 0.25) is 5.13 Å². The third-order valence-corrected chi connectivity index (χ3v) is 2.31. The Balaban J connectivity index is 2.80. The summed E-state index contributed by atoms with van der Waals surface area (Å²) in [6.45, 7) is 0.849. The van der Waals surface area contributed by atoms with Gasteiger partial charge in [-0.1, -0.05) is 0 Å². The molecule has 0 aliphatic rings. The van der Waals surface area contributed by atoms with Crippen LogP contribution in [0, 0.1) is 6.92 Å². The zero-order valence-corrected chi connectivity index (χ0v) is 8.69. The van der Waals surface area contributed by atoms with E-state index in [0.717, 1.165) is 16.4 Å². The van der Waals surface area contributed by atoms with Crippen LogP contribution in [0.15, 0.2) is 0 Å². The predicted octanol–water partition coefficient (Wildman–Crippen LogP) is -0.178. The fraction of sp³-hybridized carbons (Fsp3) is 0.429. The predicted molar refractivity (Wildman–Crippen MR) is 52.1 cm³/mol. The zero-order valence-electron chi connectivity index (χ0n) is 7.88. The van der Waals surface area contributed by atoms with Gasteiger partial charge in [0.1, 0.15) is 18.9 Å². The molecule has 0 spiro atoms. The molecule has 1 aromatic heterocycles. The van der Waals surface area contributed by atoms with E-state index >= 15 is 0 Å². The first-order chi connectivity index (χ1) is 6.99. The van der Waals surface area contributed by atoms with E-state index in [-0.39, 0.29) is 0 Å². The van der Waals surface area contributed by atoms with Crippen molar-refractivity contribution in [1.29, 1.82) is 0 Å². The summed E-state index contributed by atoms with van der Waals surface area (Å²) >= 11 is 0.980. The van der Waals surface area contributed by atoms with Crippen LogP contribution < -0.4 is 4.90 Å². The van der Waals surface area contributed by atoms with Crippen LogP contribution in [0.25, 0.3) is 0 Å². The summed E-state index contributed by atoms with van der Waals surface area (Å²) in [6.07, 6.45) is 0. The molecule has 1 heterocycles. The molecule has 0 atom stereocenters. The molecular formula is C7H9N3O4S. The summed E-state index contributed by atoms with van der Waals surface area (Å²) < 4.78 is 3.86. The Kier molecular flexibility index (Phi) is 3.56. The van der Waals surface area contributed by atoms with Gasteiger partial charge >= 0.3 is 11.9 Å². The lowest BCUT2D eigenvalue weighted by Gasteiger charge is -2.15. The van der Waals surface area contributed by atoms with Gasteiger partial charge in [0, 0.05) is 11.5 Å². The lowest BCUT2D eigenvalue weighted by molar-refractivity contribution is -0.136. The third-order valence-electron chi connectivity index (χ3n) is 1.44. The fourth-order valence-corrected chi connectivity index (χ4v) is 1.60. The molecule has 0 bridgehead atoms. The van der Waals surface area contributed by atoms with Crippen molar-refractivity contribution in [3.05, 3.63) is 5.82 Å². The summed E-state index contributed by atoms with van der Waals surface area (Å²) in [5.74, 6) is -1.72. The standard InChI is InChI=1S/C7H9N3O4S/c1-4-8-7(15-9-4)10(2-5(11)12)3-6(13)14/h2-3H2,1H3,(H,11,12)(H,13,14). The molecule has 0 fully saturated rings. The van der Waals surface area contributed by atoms with Gasteiger partial charge in [0.25, 0.3) is 0 Å². The first-order valence-electron chi connectivity index (χ1n) is 3.98. The molecule has 1 aromatic rings. The van der Waals surface area contributed by atoms with Crippen molar-refractivity contribution in [2.75, 3.05) is 18.0 Å². The number of hydrogen-bond acceptors (Lipinski definition) is 6. The van der Waals surface area contributed by atoms with Crippen LogP contribution in [0.1, 0.15) is 5.82 Å². The summed E-state index contributed by atoms with van der Waals surface area (Å²) in [5, 5.41) is 17.5. The molecule has 0 saturated carbocycles. The number of aromatic nitrogens is 2. The van der Waals surface area contributed by atoms with Gasteiger partial charge in [0.15, 0.2) is 0 Å². The van der Waals surface area contributed by atoms with Crippen molar-refractivity contribution < 1.29 is 19.8 Å². The van der Waals surface area contributed by atoms with E-state index in [1.54, 1.807) is 6.92 Å². The monoisotopic (exact) mass is 231 g/mol. The number of hydrogen-bond donors (Lipinski definition) is 2. The molecule has 82 valence electrons. The Morgan fingerprint density at radius 1 is 1.33 bits per heavy atom. The minimum atomic E-state index is -1.11. The number of carboxylic acid groups (broad SMARTS) is 2. The second-order valence-corrected chi connectivity index (χ2v) is 3.50. The van der Waals surface area contributed by atoms with Gasteiger partial charge < -0.3 is 15.1 Å². The highest BCUT2D eigenvalue weighted by Crippen LogP contribution is 2.16. The molecule has 0 saturated heterocycles. The maximum Gasteiger partial charge on any atom is 0.323 e. The average Bonchev–Trinajstić information content (AvgIpc) is 2.48. The highest BCUT2D eigenvalue weighted by atomic mass is 32.1. The molecule has 0 unspecified atom stereocenters. The van der Waals surface area contributed by atoms with Crippen LogP contribution in [0.4, 0.5) is 5.13 Å². The minimum absolute atomic E-state index is 0.303. The molecule has 0 aliphatic carbocycles. The fourth-order valence-electron chi connectivity index (χ4n) is 0.932. The molecule has 1 rings (SSSR count). The van der Waals surface area contributed by atoms with E-state index in [1.807, 2.05) is 0 Å². The van der Waals surface area contributed by atoms with Gasteiger partial charge in [-0.25, -0.2) is 4.98 Å². The molecule has 0 aliphatic heterocycles. The Labute approximate surface area is 89.1 Å². The molecule has 2 N–H and O–H groups in total. The van der Waals surface area contributed by atoms with E-state index in [2.05, 4.69) is 9.36 Å². The number of carbonyl (C=O) groups is 2. The average molecular weight is 231 g/mol. The van der Waals surface area contributed by atoms with E-state index in [9.17, 15) is 9.59 Å². The van der Waals surface area contributed by atoms with Crippen molar-refractivity contribution in [3.63, 3.8) is 0 Å². The summed E-state index contributed by atoms with van der Waals surface area (Å²) in [4.78, 5) is 26.1. The van der Waals surface area contributed by atoms with Crippen molar-refractivity contribution in [1.82, 2.24) is 9.36 Å². The third kappa shape index (κ3) is 3.50. The molecule has 15 heavy (non-hydrogen) atoms. The van der Waals surface area contributed by atoms with Gasteiger partial charge in [-0.15, -0.1) is 0 Å². The van der Waals surface area contributed by atoms with Gasteiger partial charge in [-0.3, -0.25) is 9.59 Å². The van der Waals surface area contributed by atoms with Crippen LogP contribution in [-0.2, 0) is 9.59 Å². The first kappa shape index (κ1) is 11.4. The minimum Gasteiger partial charge on any atom is -0.480 e. The van der Waals surface area contributed by atoms with E-state index in [1.165, 1.54) is 0 Å². The number of nitrogens with zero attached hydrogens (tertiary/aromatic N) is 3. The molecule has 0 amide bonds. The van der Waals surface area contributed by atoms with Gasteiger partial charge in [0.05, 0.1) is 0 Å². The maximum atomic E-state index is 10.5. The SMILES string of the molecule is Cc1nsc(N(CC(=O)O)CC(=O)O)n1. The van der Waals surface area contributed by atoms with E-state index in [4.69, 9.17) is 10.2 Å². The summed E-state index contributed by atoms with van der Waals surface area (Å²) in [6, 6.07) is 0. The molecule has 0 radical (unpaired) electrons. The summed E-state index contributed by atoms with van der Waals surface area (Å²) in [5.41, 5.74) is 0. The Morgan fingerprint density at radius 2 is 1.87 bits per heavy atom. The number of carboxylic acids is 2. The Bertz CT molecular complexity index is 362. The number of anilines is 1. The Hall–Kier alpha value is -1.70. The largest absolute Gasteiger partial charge is 0.480 e. The molecule has 7 nitrogen and oxygen atoms in total. The normalized spacial score (nSPS) is 9.93. The van der Waals surface area contributed by atoms with Gasteiger partial charge in [-0.05, 0) is 6.92 Å². The maximum absolute atomic E-state index is 10.5. The van der Waals surface area contributed by atoms with Crippen molar-refractivity contribution in [2.45, 2.75) is 6.92 Å². The highest BCUT2D eigenvalue weighted by Gasteiger charge is 2.17. The van der Waals surface area contributed by atoms with Crippen molar-refractivity contribution in [3.8, 4) is 0 Å². The van der Waals surface area contributed by atoms with E-state index in [0.29, 0.717) is 11.0 Å². The summed E-state index contributed by atoms with van der Waals surface area (Å²) in [7, 11) is 0. The van der Waals surface area contributed by atoms with Crippen molar-refractivity contribution in [2.24, 2.45) is 0 Å². The topological polar surface area (TPSA) is 104 Å². The molecule has 0 aromatic carbocycles. The highest BCUT2D eigenvalue weighted by molar-refractivity contribution is 7.09. The van der Waals surface area contributed by atoms with Gasteiger partial charge in [-0.2, -0.15) is 4.37 Å². The van der Waals surface area contributed by atoms with Crippen LogP contribution in [0.3, 0.4) is 0 Å². The first-order valence-corrected chi connectivity index (χ1v) is 4.75. The van der Waals surface area contributed by atoms with Crippen LogP contribution in [0.5, 0.6) is 0 Å². The Morgan fingerprint density at radius 3 is 2.20 bits per heavy atom. The number of aryl methyl sites for hydroxylation is 1. The molecule has 8 heteroatoms. The number of rotatable bonds is 5. The van der Waals surface area contributed by atoms with Crippen molar-refractivity contribution >= 4 is 28.6 Å². The second kappa shape index (κ2) is 4.69. The lowest BCUT2D eigenvalue weighted by Crippen LogP contribution is -2.34.